The number of anilines is 2. The lowest BCUT2D eigenvalue weighted by molar-refractivity contribution is -0.118. The lowest BCUT2D eigenvalue weighted by atomic mass is 10.1. The van der Waals surface area contributed by atoms with Gasteiger partial charge in [-0.25, -0.2) is 0 Å². The molecule has 0 spiro atoms. The van der Waals surface area contributed by atoms with Gasteiger partial charge in [0.15, 0.2) is 0 Å². The topological polar surface area (TPSA) is 61.9 Å². The van der Waals surface area contributed by atoms with Gasteiger partial charge in [0.05, 0.1) is 18.9 Å². The van der Waals surface area contributed by atoms with Crippen LogP contribution >= 0.6 is 11.6 Å². The predicted molar refractivity (Wildman–Crippen MR) is 107 cm³/mol. The number of nitrogens with one attached hydrogen (secondary N) is 1. The van der Waals surface area contributed by atoms with Crippen LogP contribution in [0.1, 0.15) is 25.7 Å². The highest BCUT2D eigenvalue weighted by atomic mass is 35.5. The molecule has 3 rings (SSSR count). The van der Waals surface area contributed by atoms with Crippen molar-refractivity contribution < 1.29 is 14.3 Å². The maximum atomic E-state index is 12.9. The third-order valence-electron chi connectivity index (χ3n) is 4.76. The standard InChI is InChI=1S/C20H26ClN3O3/c21-10-2-1-5-19(25)22-16-6-8-17(9-7-16)24-11-3-4-18(20(24)26)23-12-14-27-15-13-23/h4,6-9H,1-3,5,10-15H2,(H,22,25). The largest absolute Gasteiger partial charge is 0.378 e. The number of amides is 2. The molecule has 2 heterocycles. The first-order valence-corrected chi connectivity index (χ1v) is 10.0. The van der Waals surface area contributed by atoms with E-state index >= 15 is 0 Å². The SMILES string of the molecule is O=C(CCCCCl)Nc1ccc(N2CCC=C(N3CCOCC3)C2=O)cc1. The third kappa shape index (κ3) is 5.23. The highest BCUT2D eigenvalue weighted by Gasteiger charge is 2.28. The molecule has 2 aliphatic heterocycles. The fourth-order valence-corrected chi connectivity index (χ4v) is 3.49. The van der Waals surface area contributed by atoms with Crippen molar-refractivity contribution in [3.63, 3.8) is 0 Å². The van der Waals surface area contributed by atoms with Crippen molar-refractivity contribution in [1.82, 2.24) is 4.90 Å². The molecule has 27 heavy (non-hydrogen) atoms. The number of carbonyl (C=O) groups is 2. The van der Waals surface area contributed by atoms with Crippen LogP contribution in [0, 0.1) is 0 Å². The number of ether oxygens (including phenoxy) is 1. The smallest absolute Gasteiger partial charge is 0.274 e. The molecule has 1 saturated heterocycles. The molecule has 1 fully saturated rings. The molecule has 1 aromatic rings. The van der Waals surface area contributed by atoms with Gasteiger partial charge in [-0.05, 0) is 43.5 Å². The van der Waals surface area contributed by atoms with Crippen LogP contribution < -0.4 is 10.2 Å². The molecule has 6 nitrogen and oxygen atoms in total. The van der Waals surface area contributed by atoms with Crippen LogP contribution in [0.5, 0.6) is 0 Å². The summed E-state index contributed by atoms with van der Waals surface area (Å²) in [5, 5.41) is 2.88. The van der Waals surface area contributed by atoms with Crippen molar-refractivity contribution in [1.29, 1.82) is 0 Å². The maximum Gasteiger partial charge on any atom is 0.274 e. The quantitative estimate of drug-likeness (QED) is 0.573. The summed E-state index contributed by atoms with van der Waals surface area (Å²) in [6.45, 7) is 3.48. The Kier molecular flexibility index (Phi) is 7.12. The number of morpholine rings is 1. The van der Waals surface area contributed by atoms with E-state index < -0.39 is 0 Å². The van der Waals surface area contributed by atoms with Crippen LogP contribution in [0.2, 0.25) is 0 Å². The zero-order valence-electron chi connectivity index (χ0n) is 15.5. The number of unbranched alkanes of at least 4 members (excludes halogenated alkanes) is 1. The minimum atomic E-state index is -0.0144. The highest BCUT2D eigenvalue weighted by Crippen LogP contribution is 2.25. The van der Waals surface area contributed by atoms with Gasteiger partial charge >= 0.3 is 0 Å². The highest BCUT2D eigenvalue weighted by molar-refractivity contribution is 6.17. The molecule has 0 radical (unpaired) electrons. The van der Waals surface area contributed by atoms with Crippen LogP contribution in [0.3, 0.4) is 0 Å². The molecule has 1 N–H and O–H groups in total. The second-order valence-corrected chi connectivity index (χ2v) is 7.05. The number of alkyl halides is 1. The molecule has 0 bridgehead atoms. The van der Waals surface area contributed by atoms with E-state index in [0.29, 0.717) is 32.1 Å². The number of halogens is 1. The number of hydrogen-bond acceptors (Lipinski definition) is 4. The van der Waals surface area contributed by atoms with Crippen LogP contribution in [0.15, 0.2) is 36.0 Å². The van der Waals surface area contributed by atoms with Gasteiger partial charge in [0.2, 0.25) is 5.91 Å². The Morgan fingerprint density at radius 1 is 1.11 bits per heavy atom. The fraction of sp³-hybridized carbons (Fsp3) is 0.500. The Morgan fingerprint density at radius 3 is 2.56 bits per heavy atom. The summed E-state index contributed by atoms with van der Waals surface area (Å²) in [6, 6.07) is 7.45. The van der Waals surface area contributed by atoms with Crippen molar-refractivity contribution in [2.24, 2.45) is 0 Å². The van der Waals surface area contributed by atoms with E-state index in [2.05, 4.69) is 10.2 Å². The zero-order valence-corrected chi connectivity index (χ0v) is 16.2. The molecule has 0 aliphatic carbocycles. The molecule has 146 valence electrons. The predicted octanol–water partition coefficient (Wildman–Crippen LogP) is 2.99. The van der Waals surface area contributed by atoms with E-state index in [0.717, 1.165) is 49.4 Å². The van der Waals surface area contributed by atoms with Crippen LogP contribution in [0.25, 0.3) is 0 Å². The molecule has 0 unspecified atom stereocenters. The summed E-state index contributed by atoms with van der Waals surface area (Å²) in [7, 11) is 0. The number of nitrogens with zero attached hydrogens (tertiary/aromatic N) is 2. The summed E-state index contributed by atoms with van der Waals surface area (Å²) in [6.07, 6.45) is 4.94. The number of rotatable bonds is 7. The van der Waals surface area contributed by atoms with Gasteiger partial charge < -0.3 is 19.9 Å². The molecule has 2 aliphatic rings. The van der Waals surface area contributed by atoms with Gasteiger partial charge in [-0.2, -0.15) is 0 Å². The molecule has 7 heteroatoms. The van der Waals surface area contributed by atoms with E-state index in [1.54, 1.807) is 4.90 Å². The van der Waals surface area contributed by atoms with Gasteiger partial charge in [0.1, 0.15) is 0 Å². The van der Waals surface area contributed by atoms with Gasteiger partial charge in [-0.1, -0.05) is 6.08 Å². The van der Waals surface area contributed by atoms with Crippen LogP contribution in [0.4, 0.5) is 11.4 Å². The van der Waals surface area contributed by atoms with Crippen LogP contribution in [-0.4, -0.2) is 55.4 Å². The summed E-state index contributed by atoms with van der Waals surface area (Å²) in [5.74, 6) is 0.590. The van der Waals surface area contributed by atoms with Gasteiger partial charge in [0, 0.05) is 43.3 Å². The number of benzene rings is 1. The Morgan fingerprint density at radius 2 is 1.85 bits per heavy atom. The first-order valence-electron chi connectivity index (χ1n) is 9.49. The average Bonchev–Trinajstić information content (AvgIpc) is 2.70. The van der Waals surface area contributed by atoms with Crippen molar-refractivity contribution in [2.75, 3.05) is 48.9 Å². The number of hydrogen-bond donors (Lipinski definition) is 1. The monoisotopic (exact) mass is 391 g/mol. The van der Waals surface area contributed by atoms with Gasteiger partial charge in [-0.15, -0.1) is 11.6 Å². The van der Waals surface area contributed by atoms with E-state index in [4.69, 9.17) is 16.3 Å². The van der Waals surface area contributed by atoms with Crippen molar-refractivity contribution in [3.8, 4) is 0 Å². The minimum absolute atomic E-state index is 0.0144. The van der Waals surface area contributed by atoms with E-state index in [1.807, 2.05) is 30.3 Å². The zero-order chi connectivity index (χ0) is 19.1. The normalized spacial score (nSPS) is 17.7. The summed E-state index contributed by atoms with van der Waals surface area (Å²) in [5.41, 5.74) is 2.35. The molecule has 0 saturated carbocycles. The molecule has 1 aromatic carbocycles. The van der Waals surface area contributed by atoms with Gasteiger partial charge in [-0.3, -0.25) is 9.59 Å². The molecular formula is C20H26ClN3O3. The first-order chi connectivity index (χ1) is 13.2. The van der Waals surface area contributed by atoms with Crippen molar-refractivity contribution >= 4 is 34.8 Å². The lowest BCUT2D eigenvalue weighted by Gasteiger charge is -2.35. The Hall–Kier alpha value is -2.05. The molecule has 2 amide bonds. The van der Waals surface area contributed by atoms with Crippen LogP contribution in [-0.2, 0) is 14.3 Å². The first kappa shape index (κ1) is 19.7. The fourth-order valence-electron chi connectivity index (χ4n) is 3.30. The minimum Gasteiger partial charge on any atom is -0.378 e. The van der Waals surface area contributed by atoms with Crippen molar-refractivity contribution in [2.45, 2.75) is 25.7 Å². The van der Waals surface area contributed by atoms with E-state index in [1.165, 1.54) is 0 Å². The maximum absolute atomic E-state index is 12.9. The Bertz CT molecular complexity index is 684. The number of carbonyl (C=O) groups excluding carboxylic acids is 2. The molecular weight excluding hydrogens is 366 g/mol. The average molecular weight is 392 g/mol. The molecule has 0 aromatic heterocycles. The second-order valence-electron chi connectivity index (χ2n) is 6.68. The van der Waals surface area contributed by atoms with E-state index in [9.17, 15) is 9.59 Å². The summed E-state index contributed by atoms with van der Waals surface area (Å²) in [4.78, 5) is 28.7. The molecule has 0 atom stereocenters. The van der Waals surface area contributed by atoms with Crippen molar-refractivity contribution in [3.05, 3.63) is 36.0 Å². The Balaban J connectivity index is 1.60. The van der Waals surface area contributed by atoms with Gasteiger partial charge in [0.25, 0.3) is 5.91 Å². The summed E-state index contributed by atoms with van der Waals surface area (Å²) < 4.78 is 5.38. The summed E-state index contributed by atoms with van der Waals surface area (Å²) >= 11 is 5.63. The Labute approximate surface area is 165 Å². The lowest BCUT2D eigenvalue weighted by Crippen LogP contribution is -2.45. The third-order valence-corrected chi connectivity index (χ3v) is 5.02. The van der Waals surface area contributed by atoms with E-state index in [-0.39, 0.29) is 11.8 Å². The second kappa shape index (κ2) is 9.76.